The van der Waals surface area contributed by atoms with Crippen LogP contribution in [-0.4, -0.2) is 37.1 Å². The Morgan fingerprint density at radius 2 is 1.19 bits per heavy atom. The van der Waals surface area contributed by atoms with E-state index in [2.05, 4.69) is 70.3 Å². The second-order valence-electron chi connectivity index (χ2n) is 10.6. The fourth-order valence-corrected chi connectivity index (χ4v) is 9.26. The van der Waals surface area contributed by atoms with E-state index in [0.717, 1.165) is 15.9 Å². The zero-order valence-electron chi connectivity index (χ0n) is 21.8. The van der Waals surface area contributed by atoms with Crippen LogP contribution >= 0.6 is 6.89 Å². The molecule has 0 amide bonds. The second-order valence-corrected chi connectivity index (χ2v) is 18.6. The highest BCUT2D eigenvalue weighted by atomic mass is 31.2. The van der Waals surface area contributed by atoms with Crippen molar-refractivity contribution < 1.29 is 19.1 Å². The number of Topliss-reactive ketones (excluding diaryl/α,β-unsaturated/α-hetero) is 1. The molecule has 0 saturated heterocycles. The van der Waals surface area contributed by atoms with Crippen LogP contribution in [0.5, 0.6) is 0 Å². The Balaban J connectivity index is 2.16. The predicted molar refractivity (Wildman–Crippen MR) is 155 cm³/mol. The zero-order chi connectivity index (χ0) is 26.4. The van der Waals surface area contributed by atoms with E-state index in [-0.39, 0.29) is 23.7 Å². The minimum absolute atomic E-state index is 0.0348. The molecule has 0 bridgehead atoms. The number of aliphatic carboxylic acids is 1. The largest absolute Gasteiger partial charge is 0.481 e. The van der Waals surface area contributed by atoms with Gasteiger partial charge >= 0.3 is 5.97 Å². The first-order valence-electron chi connectivity index (χ1n) is 12.3. The van der Waals surface area contributed by atoms with Gasteiger partial charge in [-0.05, 0) is 46.7 Å². The molecule has 3 rings (SSSR count). The maximum Gasteiger partial charge on any atom is 0.305 e. The average Bonchev–Trinajstić information content (AvgIpc) is 2.83. The van der Waals surface area contributed by atoms with Gasteiger partial charge in [0.2, 0.25) is 0 Å². The summed E-state index contributed by atoms with van der Waals surface area (Å²) >= 11 is 0. The highest BCUT2D eigenvalue weighted by Crippen LogP contribution is 2.44. The third-order valence-electron chi connectivity index (χ3n) is 6.93. The Morgan fingerprint density at radius 1 is 0.806 bits per heavy atom. The first-order valence-corrected chi connectivity index (χ1v) is 17.1. The Hall–Kier alpha value is -2.72. The molecular weight excluding hydrogens is 483 g/mol. The van der Waals surface area contributed by atoms with Gasteiger partial charge in [-0.15, -0.1) is 0 Å². The maximum absolute atomic E-state index is 13.8. The third kappa shape index (κ3) is 6.53. The molecule has 1 N–H and O–H groups in total. The van der Waals surface area contributed by atoms with Crippen molar-refractivity contribution in [3.05, 3.63) is 91.0 Å². The Labute approximate surface area is 216 Å². The molecule has 0 aromatic heterocycles. The molecule has 3 aromatic rings. The van der Waals surface area contributed by atoms with Crippen molar-refractivity contribution in [3.63, 3.8) is 0 Å². The first-order chi connectivity index (χ1) is 17.0. The molecule has 6 heteroatoms. The first kappa shape index (κ1) is 27.9. The summed E-state index contributed by atoms with van der Waals surface area (Å²) < 4.78 is 6.45. The van der Waals surface area contributed by atoms with Crippen molar-refractivity contribution in [1.82, 2.24) is 0 Å². The van der Waals surface area contributed by atoms with Crippen molar-refractivity contribution in [2.24, 2.45) is 0 Å². The molecule has 190 valence electrons. The Kier molecular flexibility index (Phi) is 8.94. The van der Waals surface area contributed by atoms with Crippen LogP contribution in [0.1, 0.15) is 33.6 Å². The second kappa shape index (κ2) is 11.6. The summed E-state index contributed by atoms with van der Waals surface area (Å²) in [5.74, 6) is 0.822. The number of hydrogen-bond acceptors (Lipinski definition) is 3. The standard InChI is InChI=1S/C30H37O4PSi/c1-30(2,3)36(4,5)34-25(22-29(32)33)21-24(31)23-35(26-15-9-6-10-16-26,27-17-11-7-12-18-27)28-19-13-8-14-20-28/h6-20,23,25H,21-22H2,1-5H3,(H,32,33)/t25-/m1/s1. The average molecular weight is 521 g/mol. The Morgan fingerprint density at radius 3 is 1.53 bits per heavy atom. The summed E-state index contributed by atoms with van der Waals surface area (Å²) in [7, 11) is -2.27. The minimum Gasteiger partial charge on any atom is -0.481 e. The summed E-state index contributed by atoms with van der Waals surface area (Å²) in [6.07, 6.45) is -0.830. The number of ketones is 1. The van der Waals surface area contributed by atoms with Gasteiger partial charge in [-0.2, -0.15) is 0 Å². The van der Waals surface area contributed by atoms with Crippen molar-refractivity contribution in [1.29, 1.82) is 0 Å². The van der Waals surface area contributed by atoms with Crippen molar-refractivity contribution in [2.45, 2.75) is 57.8 Å². The normalized spacial score (nSPS) is 13.1. The van der Waals surface area contributed by atoms with Gasteiger partial charge in [-0.25, -0.2) is 0 Å². The van der Waals surface area contributed by atoms with E-state index in [9.17, 15) is 14.7 Å². The van der Waals surface area contributed by atoms with E-state index >= 15 is 0 Å². The van der Waals surface area contributed by atoms with Crippen molar-refractivity contribution in [2.75, 3.05) is 0 Å². The molecule has 0 aliphatic rings. The molecule has 0 spiro atoms. The fourth-order valence-electron chi connectivity index (χ4n) is 4.10. The maximum atomic E-state index is 13.8. The van der Waals surface area contributed by atoms with Crippen LogP contribution in [-0.2, 0) is 14.0 Å². The summed E-state index contributed by atoms with van der Waals surface area (Å²) in [5, 5.41) is 12.7. The number of carbonyl (C=O) groups excluding carboxylic acids is 1. The zero-order valence-corrected chi connectivity index (χ0v) is 23.7. The van der Waals surface area contributed by atoms with Gasteiger partial charge in [0.15, 0.2) is 14.1 Å². The Bertz CT molecular complexity index is 1110. The predicted octanol–water partition coefficient (Wildman–Crippen LogP) is 5.61. The lowest BCUT2D eigenvalue weighted by atomic mass is 10.1. The van der Waals surface area contributed by atoms with Gasteiger partial charge in [-0.1, -0.05) is 112 Å². The van der Waals surface area contributed by atoms with Crippen LogP contribution in [0.3, 0.4) is 0 Å². The molecule has 4 nitrogen and oxygen atoms in total. The smallest absolute Gasteiger partial charge is 0.305 e. The molecule has 1 atom stereocenters. The molecule has 3 aromatic carbocycles. The number of rotatable bonds is 10. The van der Waals surface area contributed by atoms with Crippen LogP contribution < -0.4 is 15.9 Å². The SMILES string of the molecule is CC(C)(C)[Si](C)(C)O[C@@H](CC(=O)O)CC(=O)C=P(c1ccccc1)(c1ccccc1)c1ccccc1. The van der Waals surface area contributed by atoms with Crippen LogP contribution in [0.4, 0.5) is 0 Å². The molecule has 36 heavy (non-hydrogen) atoms. The monoisotopic (exact) mass is 520 g/mol. The lowest BCUT2D eigenvalue weighted by molar-refractivity contribution is -0.139. The number of carboxylic acids is 1. The minimum atomic E-state index is -2.45. The van der Waals surface area contributed by atoms with Gasteiger partial charge in [0.05, 0.1) is 12.5 Å². The van der Waals surface area contributed by atoms with E-state index in [4.69, 9.17) is 4.43 Å². The van der Waals surface area contributed by atoms with Crippen LogP contribution in [0.25, 0.3) is 0 Å². The highest BCUT2D eigenvalue weighted by molar-refractivity contribution is 7.95. The highest BCUT2D eigenvalue weighted by Gasteiger charge is 2.40. The van der Waals surface area contributed by atoms with E-state index in [0.29, 0.717) is 0 Å². The van der Waals surface area contributed by atoms with Gasteiger partial charge in [0.25, 0.3) is 0 Å². The topological polar surface area (TPSA) is 63.6 Å². The molecule has 0 saturated carbocycles. The summed E-state index contributed by atoms with van der Waals surface area (Å²) in [5.41, 5.74) is 0. The van der Waals surface area contributed by atoms with Gasteiger partial charge in [0.1, 0.15) is 0 Å². The van der Waals surface area contributed by atoms with E-state index in [1.165, 1.54) is 0 Å². The third-order valence-corrected chi connectivity index (χ3v) is 15.5. The molecule has 0 unspecified atom stereocenters. The van der Waals surface area contributed by atoms with E-state index in [1.807, 2.05) is 60.4 Å². The van der Waals surface area contributed by atoms with Crippen molar-refractivity contribution in [3.8, 4) is 0 Å². The van der Waals surface area contributed by atoms with E-state index < -0.39 is 27.3 Å². The summed E-state index contributed by atoms with van der Waals surface area (Å²) in [6.45, 7) is 8.07. The van der Waals surface area contributed by atoms with Crippen LogP contribution in [0.2, 0.25) is 18.1 Å². The number of hydrogen-bond donors (Lipinski definition) is 1. The lowest BCUT2D eigenvalue weighted by Gasteiger charge is -2.39. The summed E-state index contributed by atoms with van der Waals surface area (Å²) in [6, 6.07) is 30.4. The number of carboxylic acid groups (broad SMARTS) is 1. The number of benzene rings is 3. The van der Waals surface area contributed by atoms with Crippen LogP contribution in [0, 0.1) is 0 Å². The number of carbonyl (C=O) groups is 2. The molecule has 0 aliphatic carbocycles. The fraction of sp³-hybridized carbons (Fsp3) is 0.300. The molecule has 0 fully saturated rings. The molecular formula is C30H37O4PSi. The van der Waals surface area contributed by atoms with Gasteiger partial charge in [-0.3, -0.25) is 9.59 Å². The summed E-state index contributed by atoms with van der Waals surface area (Å²) in [4.78, 5) is 25.5. The quantitative estimate of drug-likeness (QED) is 0.279. The van der Waals surface area contributed by atoms with Gasteiger partial charge in [0, 0.05) is 6.42 Å². The van der Waals surface area contributed by atoms with Crippen molar-refractivity contribution >= 4 is 48.7 Å². The van der Waals surface area contributed by atoms with Gasteiger partial charge < -0.3 is 9.53 Å². The van der Waals surface area contributed by atoms with E-state index in [1.54, 1.807) is 0 Å². The van der Waals surface area contributed by atoms with Crippen LogP contribution in [0.15, 0.2) is 91.0 Å². The molecule has 0 aliphatic heterocycles. The molecule has 0 radical (unpaired) electrons. The molecule has 0 heterocycles. The lowest BCUT2D eigenvalue weighted by Crippen LogP contribution is -2.45.